The summed E-state index contributed by atoms with van der Waals surface area (Å²) in [6, 6.07) is 4.16. The number of halogens is 1. The van der Waals surface area contributed by atoms with Crippen LogP contribution >= 0.6 is 0 Å². The van der Waals surface area contributed by atoms with Crippen molar-refractivity contribution in [3.63, 3.8) is 0 Å². The number of hydrogen-bond acceptors (Lipinski definition) is 5. The zero-order valence-electron chi connectivity index (χ0n) is 18.0. The van der Waals surface area contributed by atoms with Crippen molar-refractivity contribution in [3.8, 4) is 0 Å². The average molecular weight is 424 g/mol. The minimum absolute atomic E-state index is 0.0394. The van der Waals surface area contributed by atoms with E-state index in [2.05, 4.69) is 40.4 Å². The standard InChI is InChI=1S/C21H30FNO5Si/c1-8-26-19(24)14(2)17-10-9-15(11-18(17)22)23-12-16(28-20(23)25)13-27-29(6,7)21(3,4)5/h9-11,16H,2,8,12-13H2,1,3-7H3. The lowest BCUT2D eigenvalue weighted by Crippen LogP contribution is -2.43. The summed E-state index contributed by atoms with van der Waals surface area (Å²) in [5.74, 6) is -1.34. The molecule has 0 bridgehead atoms. The lowest BCUT2D eigenvalue weighted by Gasteiger charge is -2.36. The van der Waals surface area contributed by atoms with Gasteiger partial charge in [-0.05, 0) is 43.3 Å². The Bertz CT molecular complexity index is 803. The normalized spacial score (nSPS) is 17.3. The molecule has 1 fully saturated rings. The summed E-state index contributed by atoms with van der Waals surface area (Å²) in [6.45, 7) is 16.7. The fourth-order valence-electron chi connectivity index (χ4n) is 2.58. The number of carbonyl (C=O) groups excluding carboxylic acids is 2. The Morgan fingerprint density at radius 2 is 2.03 bits per heavy atom. The zero-order chi connectivity index (χ0) is 22.0. The van der Waals surface area contributed by atoms with Crippen LogP contribution in [0.5, 0.6) is 0 Å². The molecule has 0 N–H and O–H groups in total. The number of benzene rings is 1. The first kappa shape index (κ1) is 23.1. The molecule has 1 heterocycles. The number of nitrogens with zero attached hydrogens (tertiary/aromatic N) is 1. The van der Waals surface area contributed by atoms with E-state index in [9.17, 15) is 14.0 Å². The second-order valence-electron chi connectivity index (χ2n) is 8.55. The number of amides is 1. The van der Waals surface area contributed by atoms with E-state index in [4.69, 9.17) is 13.9 Å². The fraction of sp³-hybridized carbons (Fsp3) is 0.524. The Hall–Kier alpha value is -2.19. The van der Waals surface area contributed by atoms with E-state index in [1.807, 2.05) is 0 Å². The minimum atomic E-state index is -1.97. The molecule has 6 nitrogen and oxygen atoms in total. The monoisotopic (exact) mass is 423 g/mol. The second kappa shape index (κ2) is 8.67. The van der Waals surface area contributed by atoms with Crippen LogP contribution in [0.1, 0.15) is 33.3 Å². The number of cyclic esters (lactones) is 1. The number of esters is 1. The van der Waals surface area contributed by atoms with Gasteiger partial charge in [-0.15, -0.1) is 0 Å². The molecular weight excluding hydrogens is 393 g/mol. The van der Waals surface area contributed by atoms with Gasteiger partial charge in [-0.2, -0.15) is 0 Å². The summed E-state index contributed by atoms with van der Waals surface area (Å²) in [7, 11) is -1.97. The highest BCUT2D eigenvalue weighted by atomic mass is 28.4. The van der Waals surface area contributed by atoms with Crippen molar-refractivity contribution < 1.29 is 27.9 Å². The van der Waals surface area contributed by atoms with Crippen LogP contribution in [-0.2, 0) is 18.7 Å². The fourth-order valence-corrected chi connectivity index (χ4v) is 3.62. The van der Waals surface area contributed by atoms with Crippen molar-refractivity contribution in [2.24, 2.45) is 0 Å². The Morgan fingerprint density at radius 3 is 2.59 bits per heavy atom. The number of ether oxygens (including phenoxy) is 2. The van der Waals surface area contributed by atoms with Gasteiger partial charge in [-0.1, -0.05) is 27.4 Å². The maximum absolute atomic E-state index is 14.5. The quantitative estimate of drug-likeness (QED) is 0.360. The lowest BCUT2D eigenvalue weighted by atomic mass is 10.1. The zero-order valence-corrected chi connectivity index (χ0v) is 19.0. The van der Waals surface area contributed by atoms with Gasteiger partial charge in [0.15, 0.2) is 8.32 Å². The van der Waals surface area contributed by atoms with Crippen LogP contribution < -0.4 is 4.90 Å². The Morgan fingerprint density at radius 1 is 1.38 bits per heavy atom. The second-order valence-corrected chi connectivity index (χ2v) is 13.4. The minimum Gasteiger partial charge on any atom is -0.462 e. The van der Waals surface area contributed by atoms with Gasteiger partial charge in [0, 0.05) is 5.56 Å². The SMILES string of the molecule is C=C(C(=O)OCC)c1ccc(N2CC(CO[Si](C)(C)C(C)(C)C)OC2=O)cc1F. The first-order chi connectivity index (χ1) is 13.4. The number of hydrogen-bond donors (Lipinski definition) is 0. The van der Waals surface area contributed by atoms with Crippen LogP contribution in [0.4, 0.5) is 14.9 Å². The predicted molar refractivity (Wildman–Crippen MR) is 113 cm³/mol. The van der Waals surface area contributed by atoms with E-state index >= 15 is 0 Å². The van der Waals surface area contributed by atoms with Crippen LogP contribution in [0.3, 0.4) is 0 Å². The largest absolute Gasteiger partial charge is 0.462 e. The first-order valence-electron chi connectivity index (χ1n) is 9.65. The van der Waals surface area contributed by atoms with E-state index in [0.717, 1.165) is 0 Å². The molecule has 1 aromatic carbocycles. The molecule has 8 heteroatoms. The van der Waals surface area contributed by atoms with Crippen LogP contribution in [0.25, 0.3) is 5.57 Å². The van der Waals surface area contributed by atoms with Crippen LogP contribution in [0, 0.1) is 5.82 Å². The van der Waals surface area contributed by atoms with Crippen molar-refractivity contribution in [2.75, 3.05) is 24.7 Å². The van der Waals surface area contributed by atoms with E-state index < -0.39 is 32.3 Å². The summed E-state index contributed by atoms with van der Waals surface area (Å²) in [4.78, 5) is 25.4. The maximum atomic E-state index is 14.5. The van der Waals surface area contributed by atoms with E-state index in [-0.39, 0.29) is 29.3 Å². The number of rotatable bonds is 7. The predicted octanol–water partition coefficient (Wildman–Crippen LogP) is 4.75. The smallest absolute Gasteiger partial charge is 0.414 e. The summed E-state index contributed by atoms with van der Waals surface area (Å²) in [5.41, 5.74) is 0.320. The maximum Gasteiger partial charge on any atom is 0.414 e. The first-order valence-corrected chi connectivity index (χ1v) is 12.6. The third kappa shape index (κ3) is 5.25. The highest BCUT2D eigenvalue weighted by Crippen LogP contribution is 2.37. The molecule has 0 aliphatic carbocycles. The molecule has 0 spiro atoms. The molecule has 1 aromatic rings. The molecule has 1 aliphatic rings. The molecule has 0 saturated carbocycles. The Balaban J connectivity index is 2.08. The van der Waals surface area contributed by atoms with Crippen LogP contribution in [0.15, 0.2) is 24.8 Å². The molecule has 0 radical (unpaired) electrons. The van der Waals surface area contributed by atoms with Crippen molar-refractivity contribution in [3.05, 3.63) is 36.2 Å². The molecule has 1 atom stereocenters. The number of anilines is 1. The third-order valence-corrected chi connectivity index (χ3v) is 9.92. The van der Waals surface area contributed by atoms with Gasteiger partial charge in [-0.3, -0.25) is 4.90 Å². The van der Waals surface area contributed by atoms with Gasteiger partial charge in [-0.25, -0.2) is 14.0 Å². The summed E-state index contributed by atoms with van der Waals surface area (Å²) in [6.07, 6.45) is -0.973. The molecule has 160 valence electrons. The highest BCUT2D eigenvalue weighted by Gasteiger charge is 2.40. The van der Waals surface area contributed by atoms with Crippen LogP contribution in [0.2, 0.25) is 18.1 Å². The van der Waals surface area contributed by atoms with Gasteiger partial charge in [0.1, 0.15) is 11.9 Å². The van der Waals surface area contributed by atoms with Crippen molar-refractivity contribution in [1.82, 2.24) is 0 Å². The molecule has 1 aliphatic heterocycles. The number of carbonyl (C=O) groups is 2. The summed E-state index contributed by atoms with van der Waals surface area (Å²) in [5, 5.41) is 0.0512. The van der Waals surface area contributed by atoms with Gasteiger partial charge >= 0.3 is 12.1 Å². The van der Waals surface area contributed by atoms with Gasteiger partial charge in [0.25, 0.3) is 0 Å². The highest BCUT2D eigenvalue weighted by molar-refractivity contribution is 6.74. The van der Waals surface area contributed by atoms with Crippen molar-refractivity contribution in [1.29, 1.82) is 0 Å². The molecular formula is C21H30FNO5Si. The van der Waals surface area contributed by atoms with Gasteiger partial charge < -0.3 is 13.9 Å². The summed E-state index contributed by atoms with van der Waals surface area (Å²) >= 11 is 0. The van der Waals surface area contributed by atoms with E-state index in [1.165, 1.54) is 17.0 Å². The Kier molecular flexibility index (Phi) is 6.90. The van der Waals surface area contributed by atoms with E-state index in [0.29, 0.717) is 12.3 Å². The molecule has 29 heavy (non-hydrogen) atoms. The van der Waals surface area contributed by atoms with Crippen molar-refractivity contribution >= 4 is 31.6 Å². The lowest BCUT2D eigenvalue weighted by molar-refractivity contribution is -0.136. The van der Waals surface area contributed by atoms with Crippen LogP contribution in [-0.4, -0.2) is 46.2 Å². The molecule has 1 amide bonds. The average Bonchev–Trinajstić information content (AvgIpc) is 2.99. The van der Waals surface area contributed by atoms with Gasteiger partial charge in [0.05, 0.1) is 31.0 Å². The molecule has 1 unspecified atom stereocenters. The van der Waals surface area contributed by atoms with Gasteiger partial charge in [0.2, 0.25) is 0 Å². The van der Waals surface area contributed by atoms with Crippen molar-refractivity contribution in [2.45, 2.75) is 51.9 Å². The molecule has 1 saturated heterocycles. The molecule has 2 rings (SSSR count). The van der Waals surface area contributed by atoms with E-state index in [1.54, 1.807) is 13.0 Å². The third-order valence-electron chi connectivity index (χ3n) is 5.42. The summed E-state index contributed by atoms with van der Waals surface area (Å²) < 4.78 is 30.9. The molecule has 0 aromatic heterocycles. The topological polar surface area (TPSA) is 65.1 Å². The Labute approximate surface area is 172 Å².